The van der Waals surface area contributed by atoms with Gasteiger partial charge in [0, 0.05) is 27.2 Å². The van der Waals surface area contributed by atoms with Gasteiger partial charge in [0.05, 0.1) is 33.2 Å². The molecule has 0 amide bonds. The van der Waals surface area contributed by atoms with E-state index in [1.807, 2.05) is 0 Å². The molecule has 0 bridgehead atoms. The zero-order valence-corrected chi connectivity index (χ0v) is 34.6. The standard InChI is InChI=1S/C59H37N2P/c1-2-17-43(18-3-1)62-56-28-13-9-23-49(56)59(48-22-8-12-27-55(48)61-53-26-11-6-19-44(53)46-21-14-24-51(59)58(46)61)50-33-30-41(37-57(50)62)40-31-34-54-47(36-40)45-20-7-10-25-52(45)60(54)42-32-29-38-15-4-5-16-39(38)35-42/h1-37H/t59?,62-/m1/s1. The van der Waals surface area contributed by atoms with Gasteiger partial charge in [-0.2, -0.15) is 0 Å². The molecular weight excluding hydrogens is 768 g/mol. The molecule has 2 aliphatic heterocycles. The van der Waals surface area contributed by atoms with Crippen molar-refractivity contribution in [2.24, 2.45) is 0 Å². The molecule has 2 atom stereocenters. The molecule has 10 aromatic carbocycles. The zero-order valence-electron chi connectivity index (χ0n) is 33.7. The van der Waals surface area contributed by atoms with Gasteiger partial charge in [0.25, 0.3) is 0 Å². The third-order valence-electron chi connectivity index (χ3n) is 13.9. The Morgan fingerprint density at radius 2 is 0.952 bits per heavy atom. The third kappa shape index (κ3) is 4.47. The molecule has 0 radical (unpaired) electrons. The van der Waals surface area contributed by atoms with Gasteiger partial charge in [-0.25, -0.2) is 0 Å². The van der Waals surface area contributed by atoms with Crippen LogP contribution in [0.15, 0.2) is 224 Å². The molecule has 1 unspecified atom stereocenters. The average Bonchev–Trinajstić information content (AvgIpc) is 3.86. The monoisotopic (exact) mass is 804 g/mol. The Kier molecular flexibility index (Phi) is 7.04. The van der Waals surface area contributed by atoms with E-state index in [-0.39, 0.29) is 0 Å². The Balaban J connectivity index is 1.05. The maximum Gasteiger partial charge on any atom is 0.0755 e. The second-order valence-corrected chi connectivity index (χ2v) is 19.0. The molecule has 12 aromatic rings. The Bertz CT molecular complexity index is 3830. The second-order valence-electron chi connectivity index (χ2n) is 16.9. The van der Waals surface area contributed by atoms with Gasteiger partial charge in [0.15, 0.2) is 0 Å². The van der Waals surface area contributed by atoms with Crippen molar-refractivity contribution in [1.82, 2.24) is 9.13 Å². The third-order valence-corrected chi connectivity index (χ3v) is 16.4. The lowest BCUT2D eigenvalue weighted by atomic mass is 9.62. The van der Waals surface area contributed by atoms with Crippen molar-refractivity contribution >= 4 is 78.2 Å². The lowest BCUT2D eigenvalue weighted by Crippen LogP contribution is -2.47. The summed E-state index contributed by atoms with van der Waals surface area (Å²) in [4.78, 5) is 0. The Morgan fingerprint density at radius 1 is 0.339 bits per heavy atom. The van der Waals surface area contributed by atoms with Crippen LogP contribution in [0.4, 0.5) is 0 Å². The minimum Gasteiger partial charge on any atom is -0.309 e. The van der Waals surface area contributed by atoms with Crippen LogP contribution in [0.5, 0.6) is 0 Å². The van der Waals surface area contributed by atoms with Crippen molar-refractivity contribution in [2.45, 2.75) is 5.41 Å². The molecule has 3 heteroatoms. The molecule has 2 aromatic heterocycles. The fraction of sp³-hybridized carbons (Fsp3) is 0.0169. The van der Waals surface area contributed by atoms with Crippen molar-refractivity contribution in [1.29, 1.82) is 0 Å². The molecular formula is C59H37N2P. The maximum atomic E-state index is 2.56. The molecule has 0 saturated carbocycles. The van der Waals surface area contributed by atoms with Crippen LogP contribution in [0.3, 0.4) is 0 Å². The van der Waals surface area contributed by atoms with Gasteiger partial charge < -0.3 is 9.13 Å². The highest BCUT2D eigenvalue weighted by molar-refractivity contribution is 7.80. The first-order chi connectivity index (χ1) is 30.8. The first-order valence-electron chi connectivity index (χ1n) is 21.5. The number of rotatable bonds is 3. The summed E-state index contributed by atoms with van der Waals surface area (Å²) in [6, 6.07) is 84.7. The first-order valence-corrected chi connectivity index (χ1v) is 22.9. The van der Waals surface area contributed by atoms with E-state index in [2.05, 4.69) is 234 Å². The topological polar surface area (TPSA) is 9.86 Å². The molecule has 1 spiro atoms. The van der Waals surface area contributed by atoms with Gasteiger partial charge in [-0.3, -0.25) is 0 Å². The van der Waals surface area contributed by atoms with Crippen molar-refractivity contribution in [2.75, 3.05) is 0 Å². The molecule has 2 nitrogen and oxygen atoms in total. The summed E-state index contributed by atoms with van der Waals surface area (Å²) >= 11 is 0. The number of nitrogens with zero attached hydrogens (tertiary/aromatic N) is 2. The van der Waals surface area contributed by atoms with Gasteiger partial charge in [-0.15, -0.1) is 0 Å². The SMILES string of the molecule is c1ccc([P@]2c3ccccc3C3(c4ccccc4-n4c5ccccc5c5cccc3c54)c3ccc(-c4ccc5c(c4)c4ccccc4n5-c4ccc5ccccc5c4)cc32)cc1. The molecule has 288 valence electrons. The van der Waals surface area contributed by atoms with Crippen LogP contribution in [0, 0.1) is 0 Å². The molecule has 0 N–H and O–H groups in total. The van der Waals surface area contributed by atoms with E-state index in [1.54, 1.807) is 0 Å². The van der Waals surface area contributed by atoms with Gasteiger partial charge >= 0.3 is 0 Å². The van der Waals surface area contributed by atoms with Crippen LogP contribution >= 0.6 is 7.92 Å². The van der Waals surface area contributed by atoms with Gasteiger partial charge in [-0.1, -0.05) is 176 Å². The first kappa shape index (κ1) is 34.2. The van der Waals surface area contributed by atoms with E-state index < -0.39 is 13.3 Å². The fourth-order valence-corrected chi connectivity index (χ4v) is 14.1. The lowest BCUT2D eigenvalue weighted by molar-refractivity contribution is 0.734. The number of hydrogen-bond acceptors (Lipinski definition) is 0. The summed E-state index contributed by atoms with van der Waals surface area (Å²) in [5.41, 5.74) is 14.8. The van der Waals surface area contributed by atoms with Gasteiger partial charge in [0.1, 0.15) is 0 Å². The average molecular weight is 805 g/mol. The summed E-state index contributed by atoms with van der Waals surface area (Å²) in [5, 5.41) is 11.8. The minimum atomic E-state index is -0.906. The number of aromatic nitrogens is 2. The largest absolute Gasteiger partial charge is 0.309 e. The number of benzene rings is 10. The minimum absolute atomic E-state index is 0.532. The summed E-state index contributed by atoms with van der Waals surface area (Å²) < 4.78 is 4.97. The van der Waals surface area contributed by atoms with Crippen molar-refractivity contribution < 1.29 is 0 Å². The van der Waals surface area contributed by atoms with Crippen LogP contribution in [0.2, 0.25) is 0 Å². The van der Waals surface area contributed by atoms with Gasteiger partial charge in [-0.05, 0) is 117 Å². The van der Waals surface area contributed by atoms with Crippen LogP contribution in [-0.4, -0.2) is 9.13 Å². The Morgan fingerprint density at radius 3 is 1.82 bits per heavy atom. The molecule has 4 heterocycles. The van der Waals surface area contributed by atoms with Crippen molar-refractivity contribution in [3.63, 3.8) is 0 Å². The highest BCUT2D eigenvalue weighted by atomic mass is 31.1. The van der Waals surface area contributed by atoms with Crippen LogP contribution in [0.25, 0.3) is 76.9 Å². The quantitative estimate of drug-likeness (QED) is 0.157. The summed E-state index contributed by atoms with van der Waals surface area (Å²) in [6.45, 7) is 0. The summed E-state index contributed by atoms with van der Waals surface area (Å²) in [7, 11) is -0.906. The highest BCUT2D eigenvalue weighted by Gasteiger charge is 2.51. The Labute approximate surface area is 360 Å². The predicted octanol–water partition coefficient (Wildman–Crippen LogP) is 13.5. The van der Waals surface area contributed by atoms with E-state index in [4.69, 9.17) is 0 Å². The van der Waals surface area contributed by atoms with Crippen LogP contribution in [0.1, 0.15) is 22.3 Å². The van der Waals surface area contributed by atoms with E-state index in [9.17, 15) is 0 Å². The Hall–Kier alpha value is -7.51. The normalized spacial score (nSPS) is 16.3. The molecule has 14 rings (SSSR count). The lowest BCUT2D eigenvalue weighted by Gasteiger charge is -2.48. The fourth-order valence-electron chi connectivity index (χ4n) is 11.4. The van der Waals surface area contributed by atoms with Crippen LogP contribution < -0.4 is 15.9 Å². The number of para-hydroxylation sites is 4. The zero-order chi connectivity index (χ0) is 40.5. The van der Waals surface area contributed by atoms with E-state index in [0.717, 1.165) is 0 Å². The summed E-state index contributed by atoms with van der Waals surface area (Å²) in [6.07, 6.45) is 0. The second kappa shape index (κ2) is 12.8. The summed E-state index contributed by atoms with van der Waals surface area (Å²) in [5.74, 6) is 0. The number of fused-ring (bicyclic) bond motifs is 15. The van der Waals surface area contributed by atoms with E-state index >= 15 is 0 Å². The molecule has 0 saturated heterocycles. The highest BCUT2D eigenvalue weighted by Crippen LogP contribution is 2.58. The van der Waals surface area contributed by atoms with Crippen molar-refractivity contribution in [3.8, 4) is 22.5 Å². The van der Waals surface area contributed by atoms with E-state index in [0.29, 0.717) is 0 Å². The predicted molar refractivity (Wildman–Crippen MR) is 262 cm³/mol. The molecule has 0 aliphatic carbocycles. The maximum absolute atomic E-state index is 2.56. The van der Waals surface area contributed by atoms with Crippen LogP contribution in [-0.2, 0) is 5.41 Å². The number of hydrogen-bond donors (Lipinski definition) is 0. The molecule has 2 aliphatic rings. The van der Waals surface area contributed by atoms with Crippen molar-refractivity contribution in [3.05, 3.63) is 247 Å². The van der Waals surface area contributed by atoms with Gasteiger partial charge in [0.2, 0.25) is 0 Å². The smallest absolute Gasteiger partial charge is 0.0755 e. The van der Waals surface area contributed by atoms with E-state index in [1.165, 1.54) is 115 Å². The molecule has 0 fully saturated rings. The molecule has 62 heavy (non-hydrogen) atoms.